The van der Waals surface area contributed by atoms with Crippen molar-refractivity contribution >= 4 is 11.6 Å². The van der Waals surface area contributed by atoms with Crippen molar-refractivity contribution in [2.75, 3.05) is 25.0 Å². The molecular weight excluding hydrogens is 324 g/mol. The number of nitrogens with zero attached hydrogens (tertiary/aromatic N) is 1. The third-order valence-corrected chi connectivity index (χ3v) is 4.80. The molecule has 1 N–H and O–H groups in total. The predicted octanol–water partition coefficient (Wildman–Crippen LogP) is 4.25. The van der Waals surface area contributed by atoms with Crippen molar-refractivity contribution in [1.82, 2.24) is 4.90 Å². The molecule has 0 aromatic heterocycles. The lowest BCUT2D eigenvalue weighted by atomic mass is 10.1. The molecule has 0 bridgehead atoms. The number of carbonyl (C=O) groups excluding carboxylic acids is 1. The molecule has 1 aliphatic rings. The van der Waals surface area contributed by atoms with Crippen molar-refractivity contribution in [3.8, 4) is 5.75 Å². The van der Waals surface area contributed by atoms with Gasteiger partial charge in [0, 0.05) is 12.2 Å². The molecule has 1 aliphatic heterocycles. The van der Waals surface area contributed by atoms with Gasteiger partial charge in [-0.3, -0.25) is 9.69 Å². The summed E-state index contributed by atoms with van der Waals surface area (Å²) in [6.45, 7) is 5.47. The maximum Gasteiger partial charge on any atom is 0.262 e. The van der Waals surface area contributed by atoms with E-state index in [1.165, 1.54) is 37.9 Å². The van der Waals surface area contributed by atoms with Crippen molar-refractivity contribution in [3.63, 3.8) is 0 Å². The van der Waals surface area contributed by atoms with Crippen LogP contribution in [0.1, 0.15) is 37.3 Å². The van der Waals surface area contributed by atoms with Crippen LogP contribution in [0.3, 0.4) is 0 Å². The lowest BCUT2D eigenvalue weighted by Crippen LogP contribution is -2.29. The van der Waals surface area contributed by atoms with Gasteiger partial charge in [0.05, 0.1) is 0 Å². The van der Waals surface area contributed by atoms with Gasteiger partial charge in [-0.15, -0.1) is 0 Å². The fourth-order valence-electron chi connectivity index (χ4n) is 3.35. The van der Waals surface area contributed by atoms with E-state index in [4.69, 9.17) is 4.74 Å². The van der Waals surface area contributed by atoms with E-state index in [9.17, 15) is 4.79 Å². The number of aryl methyl sites for hydroxylation is 1. The van der Waals surface area contributed by atoms with E-state index in [0.717, 1.165) is 30.0 Å². The second-order valence-corrected chi connectivity index (χ2v) is 6.83. The Morgan fingerprint density at radius 2 is 1.77 bits per heavy atom. The molecule has 1 heterocycles. The molecule has 2 aromatic rings. The molecule has 4 heteroatoms. The highest BCUT2D eigenvalue weighted by atomic mass is 16.5. The molecule has 1 saturated heterocycles. The largest absolute Gasteiger partial charge is 0.483 e. The van der Waals surface area contributed by atoms with Gasteiger partial charge in [-0.1, -0.05) is 43.7 Å². The molecule has 4 nitrogen and oxygen atoms in total. The Morgan fingerprint density at radius 1 is 1.04 bits per heavy atom. The van der Waals surface area contributed by atoms with Gasteiger partial charge < -0.3 is 10.1 Å². The van der Waals surface area contributed by atoms with Crippen LogP contribution in [0.15, 0.2) is 48.5 Å². The van der Waals surface area contributed by atoms with E-state index in [2.05, 4.69) is 29.3 Å². The van der Waals surface area contributed by atoms with Crippen LogP contribution in [-0.2, 0) is 17.8 Å². The monoisotopic (exact) mass is 352 g/mol. The van der Waals surface area contributed by atoms with E-state index < -0.39 is 0 Å². The van der Waals surface area contributed by atoms with Gasteiger partial charge in [0.15, 0.2) is 6.61 Å². The second kappa shape index (κ2) is 9.39. The average Bonchev–Trinajstić information content (AvgIpc) is 2.69. The second-order valence-electron chi connectivity index (χ2n) is 6.83. The van der Waals surface area contributed by atoms with E-state index in [-0.39, 0.29) is 12.5 Å². The molecule has 0 saturated carbocycles. The SMILES string of the molecule is CCc1ccccc1OCC(=O)Nc1ccc(CN2CCCCC2)cc1. The van der Waals surface area contributed by atoms with Gasteiger partial charge in [-0.2, -0.15) is 0 Å². The summed E-state index contributed by atoms with van der Waals surface area (Å²) in [5, 5.41) is 2.90. The van der Waals surface area contributed by atoms with Crippen LogP contribution in [0.5, 0.6) is 5.75 Å². The molecule has 0 radical (unpaired) electrons. The Bertz CT molecular complexity index is 706. The number of anilines is 1. The summed E-state index contributed by atoms with van der Waals surface area (Å²) in [5.41, 5.74) is 3.21. The van der Waals surface area contributed by atoms with Crippen LogP contribution in [0.4, 0.5) is 5.69 Å². The topological polar surface area (TPSA) is 41.6 Å². The number of carbonyl (C=O) groups is 1. The summed E-state index contributed by atoms with van der Waals surface area (Å²) in [6, 6.07) is 16.0. The van der Waals surface area contributed by atoms with E-state index >= 15 is 0 Å². The molecule has 0 unspecified atom stereocenters. The highest BCUT2D eigenvalue weighted by Gasteiger charge is 2.11. The zero-order valence-corrected chi connectivity index (χ0v) is 15.5. The maximum absolute atomic E-state index is 12.1. The molecule has 3 rings (SSSR count). The van der Waals surface area contributed by atoms with Crippen LogP contribution < -0.4 is 10.1 Å². The lowest BCUT2D eigenvalue weighted by Gasteiger charge is -2.26. The Hall–Kier alpha value is -2.33. The van der Waals surface area contributed by atoms with Gasteiger partial charge >= 0.3 is 0 Å². The van der Waals surface area contributed by atoms with Gasteiger partial charge in [0.25, 0.3) is 5.91 Å². The van der Waals surface area contributed by atoms with Crippen molar-refractivity contribution in [2.24, 2.45) is 0 Å². The Labute approximate surface area is 156 Å². The van der Waals surface area contributed by atoms with Gasteiger partial charge in [0.2, 0.25) is 0 Å². The summed E-state index contributed by atoms with van der Waals surface area (Å²) in [5.74, 6) is 0.640. The zero-order chi connectivity index (χ0) is 18.2. The number of piperidine rings is 1. The first-order chi connectivity index (χ1) is 12.7. The molecule has 2 aromatic carbocycles. The minimum absolute atomic E-state index is 0.0204. The fourth-order valence-corrected chi connectivity index (χ4v) is 3.35. The highest BCUT2D eigenvalue weighted by Crippen LogP contribution is 2.18. The number of rotatable bonds is 7. The number of hydrogen-bond donors (Lipinski definition) is 1. The standard InChI is InChI=1S/C22H28N2O2/c1-2-19-8-4-5-9-21(19)26-17-22(25)23-20-12-10-18(11-13-20)16-24-14-6-3-7-15-24/h4-5,8-13H,2-3,6-7,14-17H2,1H3,(H,23,25). The van der Waals surface area contributed by atoms with E-state index in [0.29, 0.717) is 0 Å². The Kier molecular flexibility index (Phi) is 6.67. The maximum atomic E-state index is 12.1. The number of hydrogen-bond acceptors (Lipinski definition) is 3. The summed E-state index contributed by atoms with van der Waals surface area (Å²) in [4.78, 5) is 14.6. The normalized spacial score (nSPS) is 14.8. The summed E-state index contributed by atoms with van der Waals surface area (Å²) in [7, 11) is 0. The average molecular weight is 352 g/mol. The summed E-state index contributed by atoms with van der Waals surface area (Å²) >= 11 is 0. The van der Waals surface area contributed by atoms with Gasteiger partial charge in [-0.05, 0) is 61.7 Å². The Morgan fingerprint density at radius 3 is 2.50 bits per heavy atom. The third kappa shape index (κ3) is 5.33. The number of nitrogens with one attached hydrogen (secondary N) is 1. The van der Waals surface area contributed by atoms with Crippen LogP contribution in [0.25, 0.3) is 0 Å². The van der Waals surface area contributed by atoms with Crippen LogP contribution in [-0.4, -0.2) is 30.5 Å². The summed E-state index contributed by atoms with van der Waals surface area (Å²) < 4.78 is 5.67. The van der Waals surface area contributed by atoms with Crippen molar-refractivity contribution in [2.45, 2.75) is 39.2 Å². The van der Waals surface area contributed by atoms with Crippen LogP contribution >= 0.6 is 0 Å². The highest BCUT2D eigenvalue weighted by molar-refractivity contribution is 5.91. The van der Waals surface area contributed by atoms with Crippen molar-refractivity contribution < 1.29 is 9.53 Å². The molecule has 1 amide bonds. The smallest absolute Gasteiger partial charge is 0.262 e. The number of para-hydroxylation sites is 1. The molecular formula is C22H28N2O2. The van der Waals surface area contributed by atoms with Crippen molar-refractivity contribution in [3.05, 3.63) is 59.7 Å². The third-order valence-electron chi connectivity index (χ3n) is 4.80. The van der Waals surface area contributed by atoms with Crippen LogP contribution in [0, 0.1) is 0 Å². The van der Waals surface area contributed by atoms with E-state index in [1.54, 1.807) is 0 Å². The molecule has 138 valence electrons. The van der Waals surface area contributed by atoms with Crippen molar-refractivity contribution in [1.29, 1.82) is 0 Å². The number of benzene rings is 2. The Balaban J connectivity index is 1.48. The van der Waals surface area contributed by atoms with Crippen LogP contribution in [0.2, 0.25) is 0 Å². The fraction of sp³-hybridized carbons (Fsp3) is 0.409. The first kappa shape index (κ1) is 18.5. The zero-order valence-electron chi connectivity index (χ0n) is 15.5. The van der Waals surface area contributed by atoms with E-state index in [1.807, 2.05) is 36.4 Å². The predicted molar refractivity (Wildman–Crippen MR) is 106 cm³/mol. The molecule has 26 heavy (non-hydrogen) atoms. The number of amides is 1. The quantitative estimate of drug-likeness (QED) is 0.810. The lowest BCUT2D eigenvalue weighted by molar-refractivity contribution is -0.118. The van der Waals surface area contributed by atoms with Gasteiger partial charge in [0.1, 0.15) is 5.75 Å². The molecule has 0 aliphatic carbocycles. The number of likely N-dealkylation sites (tertiary alicyclic amines) is 1. The van der Waals surface area contributed by atoms with Gasteiger partial charge in [-0.25, -0.2) is 0 Å². The summed E-state index contributed by atoms with van der Waals surface area (Å²) in [6.07, 6.45) is 4.84. The molecule has 0 spiro atoms. The minimum atomic E-state index is -0.139. The first-order valence-electron chi connectivity index (χ1n) is 9.56. The molecule has 1 fully saturated rings. The number of ether oxygens (including phenoxy) is 1. The first-order valence-corrected chi connectivity index (χ1v) is 9.56. The molecule has 0 atom stereocenters. The minimum Gasteiger partial charge on any atom is -0.483 e.